The van der Waals surface area contributed by atoms with Gasteiger partial charge >= 0.3 is 12.1 Å². The van der Waals surface area contributed by atoms with Gasteiger partial charge in [-0.15, -0.1) is 17.0 Å². The second-order valence-corrected chi connectivity index (χ2v) is 6.55. The van der Waals surface area contributed by atoms with Crippen molar-refractivity contribution in [3.63, 3.8) is 0 Å². The number of halogens is 1. The van der Waals surface area contributed by atoms with Crippen molar-refractivity contribution in [2.24, 2.45) is 5.73 Å². The molecule has 0 bridgehead atoms. The summed E-state index contributed by atoms with van der Waals surface area (Å²) >= 11 is 0. The lowest BCUT2D eigenvalue weighted by Crippen LogP contribution is -2.47. The summed E-state index contributed by atoms with van der Waals surface area (Å²) in [7, 11) is 0. The number of hydrogen-bond acceptors (Lipinski definition) is 3. The van der Waals surface area contributed by atoms with Gasteiger partial charge in [0.15, 0.2) is 0 Å². The Labute approximate surface area is 182 Å². The summed E-state index contributed by atoms with van der Waals surface area (Å²) in [6.07, 6.45) is 3.66. The van der Waals surface area contributed by atoms with Gasteiger partial charge in [0.1, 0.15) is 0 Å². The summed E-state index contributed by atoms with van der Waals surface area (Å²) in [6.45, 7) is 2.85. The first kappa shape index (κ1) is 24.5. The monoisotopic (exact) mass is 463 g/mol. The van der Waals surface area contributed by atoms with Crippen LogP contribution in [0.1, 0.15) is 31.7 Å². The first-order chi connectivity index (χ1) is 13.6. The summed E-state index contributed by atoms with van der Waals surface area (Å²) in [5, 5.41) is 11.8. The van der Waals surface area contributed by atoms with Crippen molar-refractivity contribution in [3.05, 3.63) is 60.2 Å². The Morgan fingerprint density at radius 3 is 2.24 bits per heavy atom. The molecule has 7 nitrogen and oxygen atoms in total. The molecule has 1 unspecified atom stereocenters. The third-order valence-corrected chi connectivity index (χ3v) is 4.21. The van der Waals surface area contributed by atoms with Gasteiger partial charge < -0.3 is 21.7 Å². The highest BCUT2D eigenvalue weighted by molar-refractivity contribution is 8.93. The molecule has 1 atom stereocenters. The Kier molecular flexibility index (Phi) is 11.4. The summed E-state index contributed by atoms with van der Waals surface area (Å²) in [5.41, 5.74) is 7.67. The SMILES string of the molecule is Br.CCCCC(NCCc1ccc(NC(N)=O)cc1)NC(=O)Nc1ccccc1. The van der Waals surface area contributed by atoms with Crippen LogP contribution in [0.4, 0.5) is 21.0 Å². The minimum atomic E-state index is -0.576. The Balaban J connectivity index is 0.00000420. The molecule has 0 heterocycles. The van der Waals surface area contributed by atoms with Crippen LogP contribution >= 0.6 is 17.0 Å². The number of para-hydroxylation sites is 1. The normalized spacial score (nSPS) is 11.1. The van der Waals surface area contributed by atoms with Gasteiger partial charge in [-0.05, 0) is 42.7 Å². The first-order valence-electron chi connectivity index (χ1n) is 9.58. The van der Waals surface area contributed by atoms with Gasteiger partial charge in [0.25, 0.3) is 0 Å². The third-order valence-electron chi connectivity index (χ3n) is 4.21. The topological polar surface area (TPSA) is 108 Å². The molecule has 0 aliphatic rings. The Bertz CT molecular complexity index is 740. The molecule has 0 radical (unpaired) electrons. The number of carbonyl (C=O) groups excluding carboxylic acids is 2. The van der Waals surface area contributed by atoms with Crippen molar-refractivity contribution in [2.45, 2.75) is 38.8 Å². The summed E-state index contributed by atoms with van der Waals surface area (Å²) < 4.78 is 0. The zero-order chi connectivity index (χ0) is 20.2. The lowest BCUT2D eigenvalue weighted by atomic mass is 10.1. The van der Waals surface area contributed by atoms with Gasteiger partial charge in [-0.25, -0.2) is 9.59 Å². The van der Waals surface area contributed by atoms with Gasteiger partial charge in [-0.3, -0.25) is 5.32 Å². The lowest BCUT2D eigenvalue weighted by molar-refractivity contribution is 0.244. The van der Waals surface area contributed by atoms with Gasteiger partial charge in [0.05, 0.1) is 6.17 Å². The van der Waals surface area contributed by atoms with Gasteiger partial charge in [0, 0.05) is 17.9 Å². The van der Waals surface area contributed by atoms with Crippen LogP contribution in [-0.2, 0) is 6.42 Å². The molecule has 8 heteroatoms. The highest BCUT2D eigenvalue weighted by Crippen LogP contribution is 2.10. The number of unbranched alkanes of at least 4 members (excludes halogenated alkanes) is 1. The Morgan fingerprint density at radius 1 is 0.966 bits per heavy atom. The average Bonchev–Trinajstić information content (AvgIpc) is 2.67. The van der Waals surface area contributed by atoms with Gasteiger partial charge in [-0.2, -0.15) is 0 Å². The van der Waals surface area contributed by atoms with E-state index in [2.05, 4.69) is 28.2 Å². The Hall–Kier alpha value is -2.58. The van der Waals surface area contributed by atoms with Crippen molar-refractivity contribution in [1.29, 1.82) is 0 Å². The maximum absolute atomic E-state index is 12.2. The van der Waals surface area contributed by atoms with E-state index in [1.165, 1.54) is 0 Å². The van der Waals surface area contributed by atoms with Crippen LogP contribution in [0.25, 0.3) is 0 Å². The van der Waals surface area contributed by atoms with E-state index in [0.29, 0.717) is 5.69 Å². The number of hydrogen-bond donors (Lipinski definition) is 5. The van der Waals surface area contributed by atoms with E-state index < -0.39 is 6.03 Å². The molecule has 158 valence electrons. The van der Waals surface area contributed by atoms with E-state index in [1.54, 1.807) is 0 Å². The van der Waals surface area contributed by atoms with Crippen LogP contribution in [-0.4, -0.2) is 24.8 Å². The first-order valence-corrected chi connectivity index (χ1v) is 9.58. The number of urea groups is 2. The van der Waals surface area contributed by atoms with Crippen LogP contribution in [0.2, 0.25) is 0 Å². The second kappa shape index (κ2) is 13.6. The molecule has 29 heavy (non-hydrogen) atoms. The van der Waals surface area contributed by atoms with Crippen molar-refractivity contribution >= 4 is 40.4 Å². The van der Waals surface area contributed by atoms with Crippen molar-refractivity contribution in [1.82, 2.24) is 10.6 Å². The molecular formula is C21H30BrN5O2. The van der Waals surface area contributed by atoms with Crippen molar-refractivity contribution in [2.75, 3.05) is 17.2 Å². The molecule has 0 aliphatic carbocycles. The largest absolute Gasteiger partial charge is 0.351 e. The molecule has 0 spiro atoms. The molecule has 2 aromatic carbocycles. The minimum Gasteiger partial charge on any atom is -0.351 e. The Morgan fingerprint density at radius 2 is 1.62 bits per heavy atom. The van der Waals surface area contributed by atoms with Crippen LogP contribution < -0.4 is 27.0 Å². The van der Waals surface area contributed by atoms with E-state index >= 15 is 0 Å². The molecule has 0 aliphatic heterocycles. The maximum atomic E-state index is 12.2. The minimum absolute atomic E-state index is 0. The standard InChI is InChI=1S/C21H29N5O2.BrH/c1-2-3-9-19(26-21(28)25-17-7-5-4-6-8-17)23-15-14-16-10-12-18(13-11-16)24-20(22)27;/h4-8,10-13,19,23H,2-3,9,14-15H2,1H3,(H3,22,24,27)(H2,25,26,28);1H. The maximum Gasteiger partial charge on any atom is 0.320 e. The summed E-state index contributed by atoms with van der Waals surface area (Å²) in [4.78, 5) is 23.1. The molecule has 0 saturated carbocycles. The summed E-state index contributed by atoms with van der Waals surface area (Å²) in [6, 6.07) is 16.1. The predicted octanol–water partition coefficient (Wildman–Crippen LogP) is 4.23. The molecular weight excluding hydrogens is 434 g/mol. The number of nitrogens with one attached hydrogen (secondary N) is 4. The quantitative estimate of drug-likeness (QED) is 0.340. The highest BCUT2D eigenvalue weighted by atomic mass is 79.9. The number of primary amides is 1. The summed E-state index contributed by atoms with van der Waals surface area (Å²) in [5.74, 6) is 0. The van der Waals surface area contributed by atoms with Crippen LogP contribution in [0.15, 0.2) is 54.6 Å². The van der Waals surface area contributed by atoms with Crippen LogP contribution in [0, 0.1) is 0 Å². The zero-order valence-electron chi connectivity index (χ0n) is 16.6. The smallest absolute Gasteiger partial charge is 0.320 e. The number of amides is 4. The number of benzene rings is 2. The van der Waals surface area contributed by atoms with Crippen LogP contribution in [0.3, 0.4) is 0 Å². The third kappa shape index (κ3) is 9.96. The van der Waals surface area contributed by atoms with E-state index in [1.807, 2.05) is 54.6 Å². The number of nitrogens with two attached hydrogens (primary N) is 1. The van der Waals surface area contributed by atoms with Gasteiger partial charge in [-0.1, -0.05) is 50.1 Å². The van der Waals surface area contributed by atoms with E-state index in [4.69, 9.17) is 5.73 Å². The van der Waals surface area contributed by atoms with Crippen LogP contribution in [0.5, 0.6) is 0 Å². The average molecular weight is 464 g/mol. The number of rotatable bonds is 10. The molecule has 0 fully saturated rings. The molecule has 6 N–H and O–H groups in total. The van der Waals surface area contributed by atoms with E-state index in [-0.39, 0.29) is 29.2 Å². The van der Waals surface area contributed by atoms with E-state index in [9.17, 15) is 9.59 Å². The number of carbonyl (C=O) groups is 2. The van der Waals surface area contributed by atoms with Gasteiger partial charge in [0.2, 0.25) is 0 Å². The molecule has 2 rings (SSSR count). The van der Waals surface area contributed by atoms with Crippen molar-refractivity contribution < 1.29 is 9.59 Å². The zero-order valence-corrected chi connectivity index (χ0v) is 18.3. The fourth-order valence-electron chi connectivity index (χ4n) is 2.77. The lowest BCUT2D eigenvalue weighted by Gasteiger charge is -2.20. The fourth-order valence-corrected chi connectivity index (χ4v) is 2.77. The number of anilines is 2. The molecule has 0 saturated heterocycles. The predicted molar refractivity (Wildman–Crippen MR) is 124 cm³/mol. The molecule has 2 aromatic rings. The molecule has 4 amide bonds. The fraction of sp³-hybridized carbons (Fsp3) is 0.333. The highest BCUT2D eigenvalue weighted by Gasteiger charge is 2.11. The van der Waals surface area contributed by atoms with Crippen molar-refractivity contribution in [3.8, 4) is 0 Å². The second-order valence-electron chi connectivity index (χ2n) is 6.55. The van der Waals surface area contributed by atoms with E-state index in [0.717, 1.165) is 43.5 Å². The molecule has 0 aromatic heterocycles.